The summed E-state index contributed by atoms with van der Waals surface area (Å²) in [6, 6.07) is 0. The molecule has 0 aromatic heterocycles. The summed E-state index contributed by atoms with van der Waals surface area (Å²) >= 11 is 0. The lowest BCUT2D eigenvalue weighted by molar-refractivity contribution is 0.240. The molecule has 0 atom stereocenters. The van der Waals surface area contributed by atoms with Gasteiger partial charge in [-0.2, -0.15) is 0 Å². The Morgan fingerprint density at radius 1 is 0.586 bits per heavy atom. The van der Waals surface area contributed by atoms with E-state index in [0.29, 0.717) is 0 Å². The van der Waals surface area contributed by atoms with Crippen molar-refractivity contribution < 1.29 is 4.74 Å². The minimum atomic E-state index is 0.864. The number of ether oxygens (including phenoxy) is 1. The van der Waals surface area contributed by atoms with Crippen molar-refractivity contribution in [2.24, 2.45) is 0 Å². The molecule has 0 saturated carbocycles. The number of allylic oxidation sites excluding steroid dienone is 7. The lowest BCUT2D eigenvalue weighted by Crippen LogP contribution is -1.99. The van der Waals surface area contributed by atoms with Gasteiger partial charge < -0.3 is 4.74 Å². The van der Waals surface area contributed by atoms with Crippen LogP contribution in [0.3, 0.4) is 0 Å². The SMILES string of the molecule is CC1=C(C)C(C)=C(C2=CC=COCCCCCCCC2)CCCCCCCCC1. The average Bonchev–Trinajstić information content (AvgIpc) is 2.76. The van der Waals surface area contributed by atoms with E-state index in [4.69, 9.17) is 4.74 Å². The Bertz CT molecular complexity index is 587. The highest BCUT2D eigenvalue weighted by atomic mass is 16.5. The van der Waals surface area contributed by atoms with E-state index in [1.54, 1.807) is 27.9 Å². The molecule has 0 bridgehead atoms. The zero-order valence-corrected chi connectivity index (χ0v) is 19.7. The van der Waals surface area contributed by atoms with Gasteiger partial charge in [-0.3, -0.25) is 0 Å². The van der Waals surface area contributed by atoms with E-state index >= 15 is 0 Å². The Kier molecular flexibility index (Phi) is 12.2. The third-order valence-electron chi connectivity index (χ3n) is 6.95. The third-order valence-corrected chi connectivity index (χ3v) is 6.95. The summed E-state index contributed by atoms with van der Waals surface area (Å²) in [7, 11) is 0. The molecule has 0 N–H and O–H groups in total. The monoisotopic (exact) mass is 398 g/mol. The van der Waals surface area contributed by atoms with E-state index in [9.17, 15) is 0 Å². The lowest BCUT2D eigenvalue weighted by Gasteiger charge is -2.19. The fraction of sp³-hybridized carbons (Fsp3) is 0.714. The average molecular weight is 399 g/mol. The van der Waals surface area contributed by atoms with Gasteiger partial charge in [-0.25, -0.2) is 0 Å². The maximum atomic E-state index is 5.72. The minimum absolute atomic E-state index is 0.864. The first-order valence-electron chi connectivity index (χ1n) is 12.5. The van der Waals surface area contributed by atoms with E-state index in [1.807, 2.05) is 6.26 Å². The van der Waals surface area contributed by atoms with Gasteiger partial charge in [0.25, 0.3) is 0 Å². The summed E-state index contributed by atoms with van der Waals surface area (Å²) in [6.07, 6.45) is 27.8. The van der Waals surface area contributed by atoms with Crippen LogP contribution in [0.4, 0.5) is 0 Å². The fourth-order valence-corrected chi connectivity index (χ4v) is 4.72. The van der Waals surface area contributed by atoms with Crippen molar-refractivity contribution in [2.45, 2.75) is 124 Å². The van der Waals surface area contributed by atoms with Crippen LogP contribution in [0.5, 0.6) is 0 Å². The van der Waals surface area contributed by atoms with Gasteiger partial charge in [0.2, 0.25) is 0 Å². The van der Waals surface area contributed by atoms with E-state index in [2.05, 4.69) is 32.9 Å². The Morgan fingerprint density at radius 2 is 1.14 bits per heavy atom. The molecule has 1 aliphatic carbocycles. The molecule has 1 heterocycles. The molecule has 1 aliphatic heterocycles. The zero-order valence-electron chi connectivity index (χ0n) is 19.7. The molecular weight excluding hydrogens is 352 g/mol. The second kappa shape index (κ2) is 14.7. The molecule has 2 aliphatic rings. The van der Waals surface area contributed by atoms with Gasteiger partial charge in [0.05, 0.1) is 12.9 Å². The molecule has 0 fully saturated rings. The summed E-state index contributed by atoms with van der Waals surface area (Å²) in [5.41, 5.74) is 7.88. The van der Waals surface area contributed by atoms with Gasteiger partial charge in [-0.1, -0.05) is 69.4 Å². The van der Waals surface area contributed by atoms with Crippen LogP contribution in [-0.2, 0) is 4.74 Å². The Labute approximate surface area is 181 Å². The van der Waals surface area contributed by atoms with Crippen molar-refractivity contribution in [3.05, 3.63) is 46.3 Å². The van der Waals surface area contributed by atoms with Crippen molar-refractivity contribution in [3.63, 3.8) is 0 Å². The molecule has 1 nitrogen and oxygen atoms in total. The minimum Gasteiger partial charge on any atom is -0.501 e. The van der Waals surface area contributed by atoms with Crippen molar-refractivity contribution in [3.8, 4) is 0 Å². The van der Waals surface area contributed by atoms with E-state index in [1.165, 1.54) is 103 Å². The van der Waals surface area contributed by atoms with Crippen LogP contribution in [0.15, 0.2) is 46.3 Å². The van der Waals surface area contributed by atoms with Crippen molar-refractivity contribution in [2.75, 3.05) is 6.61 Å². The molecular formula is C28H46O. The first-order valence-corrected chi connectivity index (χ1v) is 12.5. The highest BCUT2D eigenvalue weighted by molar-refractivity contribution is 5.45. The Morgan fingerprint density at radius 3 is 1.83 bits per heavy atom. The number of rotatable bonds is 1. The van der Waals surface area contributed by atoms with Gasteiger partial charge in [0.15, 0.2) is 0 Å². The fourth-order valence-electron chi connectivity index (χ4n) is 4.72. The quantitative estimate of drug-likeness (QED) is 0.427. The van der Waals surface area contributed by atoms with E-state index in [0.717, 1.165) is 6.61 Å². The Hall–Kier alpha value is -1.24. The third kappa shape index (κ3) is 9.41. The number of hydrogen-bond acceptors (Lipinski definition) is 1. The van der Waals surface area contributed by atoms with Gasteiger partial charge in [-0.05, 0) is 94.1 Å². The summed E-state index contributed by atoms with van der Waals surface area (Å²) in [5, 5.41) is 0. The van der Waals surface area contributed by atoms with Crippen LogP contribution >= 0.6 is 0 Å². The molecule has 0 saturated heterocycles. The maximum absolute atomic E-state index is 5.72. The lowest BCUT2D eigenvalue weighted by atomic mass is 9.87. The van der Waals surface area contributed by atoms with E-state index in [-0.39, 0.29) is 0 Å². The number of hydrogen-bond donors (Lipinski definition) is 0. The molecule has 0 spiro atoms. The standard InChI is InChI=1S/C28H46O/c1-24-18-13-9-5-4-6-11-15-21-28(26(3)25(24)2)27-19-14-10-7-8-12-16-22-29-23-17-20-27/h17,20,23H,4-16,18-19,21-22H2,1-3H3. The molecule has 0 aromatic carbocycles. The topological polar surface area (TPSA) is 9.23 Å². The Balaban J connectivity index is 2.28. The van der Waals surface area contributed by atoms with Crippen LogP contribution in [0.25, 0.3) is 0 Å². The summed E-state index contributed by atoms with van der Waals surface area (Å²) in [5.74, 6) is 0. The molecule has 29 heavy (non-hydrogen) atoms. The predicted molar refractivity (Wildman–Crippen MR) is 128 cm³/mol. The second-order valence-corrected chi connectivity index (χ2v) is 9.25. The largest absolute Gasteiger partial charge is 0.501 e. The van der Waals surface area contributed by atoms with Crippen LogP contribution in [0.2, 0.25) is 0 Å². The first kappa shape index (κ1) is 24.0. The molecule has 0 aromatic rings. The van der Waals surface area contributed by atoms with Crippen LogP contribution < -0.4 is 0 Å². The molecule has 0 amide bonds. The van der Waals surface area contributed by atoms with Crippen molar-refractivity contribution in [1.82, 2.24) is 0 Å². The second-order valence-electron chi connectivity index (χ2n) is 9.25. The maximum Gasteiger partial charge on any atom is 0.0873 e. The zero-order chi connectivity index (χ0) is 20.7. The van der Waals surface area contributed by atoms with Crippen LogP contribution in [0, 0.1) is 0 Å². The predicted octanol–water partition coefficient (Wildman–Crippen LogP) is 9.36. The van der Waals surface area contributed by atoms with Gasteiger partial charge in [0.1, 0.15) is 0 Å². The van der Waals surface area contributed by atoms with Gasteiger partial charge >= 0.3 is 0 Å². The highest BCUT2D eigenvalue weighted by Crippen LogP contribution is 2.32. The molecule has 2 rings (SSSR count). The van der Waals surface area contributed by atoms with Gasteiger partial charge in [-0.15, -0.1) is 0 Å². The summed E-state index contributed by atoms with van der Waals surface area (Å²) < 4.78 is 5.72. The van der Waals surface area contributed by atoms with E-state index < -0.39 is 0 Å². The summed E-state index contributed by atoms with van der Waals surface area (Å²) in [6.45, 7) is 7.98. The highest BCUT2D eigenvalue weighted by Gasteiger charge is 2.12. The molecule has 164 valence electrons. The first-order chi connectivity index (χ1) is 14.2. The normalized spacial score (nSPS) is 22.8. The van der Waals surface area contributed by atoms with Crippen LogP contribution in [-0.4, -0.2) is 6.61 Å². The van der Waals surface area contributed by atoms with Crippen molar-refractivity contribution in [1.29, 1.82) is 0 Å². The van der Waals surface area contributed by atoms with Crippen LogP contribution in [0.1, 0.15) is 124 Å². The van der Waals surface area contributed by atoms with Gasteiger partial charge in [0, 0.05) is 0 Å². The molecule has 1 heteroatoms. The summed E-state index contributed by atoms with van der Waals surface area (Å²) in [4.78, 5) is 0. The molecule has 0 radical (unpaired) electrons. The van der Waals surface area contributed by atoms with Crippen molar-refractivity contribution >= 4 is 0 Å². The molecule has 0 unspecified atom stereocenters. The smallest absolute Gasteiger partial charge is 0.0873 e.